The van der Waals surface area contributed by atoms with Crippen LogP contribution in [0.1, 0.15) is 6.23 Å². The van der Waals surface area contributed by atoms with E-state index in [1.54, 1.807) is 4.98 Å². The Labute approximate surface area is 184 Å². The van der Waals surface area contributed by atoms with Gasteiger partial charge in [0.25, 0.3) is 5.56 Å². The summed E-state index contributed by atoms with van der Waals surface area (Å²) < 4.78 is 130. The number of nitrogens with zero attached hydrogens (tertiary/aromatic N) is 1. The van der Waals surface area contributed by atoms with E-state index in [0.717, 1.165) is 0 Å². The molecular weight excluding hydrogens is 523 g/mol. The Hall–Kier alpha value is -3.58. The van der Waals surface area contributed by atoms with E-state index in [2.05, 4.69) is 14.2 Å². The van der Waals surface area contributed by atoms with Gasteiger partial charge in [-0.15, -0.1) is 0 Å². The van der Waals surface area contributed by atoms with Gasteiger partial charge in [-0.2, -0.15) is 39.5 Å². The number of carbonyl (C=O) groups is 3. The summed E-state index contributed by atoms with van der Waals surface area (Å²) in [6, 6.07) is 0.557. The third kappa shape index (κ3) is 6.73. The smallest absolute Gasteiger partial charge is 0.456 e. The van der Waals surface area contributed by atoms with Gasteiger partial charge in [-0.3, -0.25) is 14.3 Å². The topological polar surface area (TPSA) is 143 Å². The van der Waals surface area contributed by atoms with E-state index in [4.69, 9.17) is 4.74 Å². The third-order valence-corrected chi connectivity index (χ3v) is 3.97. The summed E-state index contributed by atoms with van der Waals surface area (Å²) in [6.07, 6.45) is -27.1. The first-order valence-corrected chi connectivity index (χ1v) is 8.59. The van der Waals surface area contributed by atoms with E-state index in [1.807, 2.05) is 0 Å². The number of esters is 3. The fraction of sp³-hybridized carbons (Fsp3) is 0.533. The average molecular weight is 532 g/mol. The number of alkyl halides is 9. The fourth-order valence-corrected chi connectivity index (χ4v) is 2.58. The van der Waals surface area contributed by atoms with Crippen LogP contribution in [-0.4, -0.2) is 70.9 Å². The molecule has 0 saturated carbocycles. The number of halogens is 9. The standard InChI is InChI=1S/C15H9F9N2O9/c16-13(17,18)9(28)32-3-4-6(34-10(29)14(19,20)21)7(35-11(30)15(22,23)24)8(33-4)26-2-1-5(27)25-12(26)31/h1-2,4,6-8H,3H2,(H,25,27,31)/t4-,6-,7-,8-/m1/s1. The highest BCUT2D eigenvalue weighted by molar-refractivity contribution is 5.77. The van der Waals surface area contributed by atoms with Gasteiger partial charge in [0.15, 0.2) is 18.4 Å². The van der Waals surface area contributed by atoms with Crippen molar-refractivity contribution in [3.8, 4) is 0 Å². The van der Waals surface area contributed by atoms with Crippen LogP contribution in [0.25, 0.3) is 0 Å². The molecule has 1 N–H and O–H groups in total. The minimum Gasteiger partial charge on any atom is -0.456 e. The molecular formula is C15H9F9N2O9. The summed E-state index contributed by atoms with van der Waals surface area (Å²) in [4.78, 5) is 58.3. The van der Waals surface area contributed by atoms with Crippen LogP contribution in [-0.2, 0) is 33.3 Å². The summed E-state index contributed by atoms with van der Waals surface area (Å²) in [5.41, 5.74) is -2.58. The van der Waals surface area contributed by atoms with Gasteiger partial charge in [-0.05, 0) is 0 Å². The van der Waals surface area contributed by atoms with Crippen molar-refractivity contribution in [2.24, 2.45) is 0 Å². The Morgan fingerprint density at radius 3 is 1.80 bits per heavy atom. The molecule has 2 heterocycles. The van der Waals surface area contributed by atoms with E-state index >= 15 is 0 Å². The Bertz CT molecular complexity index is 1090. The van der Waals surface area contributed by atoms with Crippen molar-refractivity contribution in [2.45, 2.75) is 43.1 Å². The maximum absolute atomic E-state index is 12.7. The molecule has 1 aliphatic rings. The number of aromatic amines is 1. The molecule has 0 bridgehead atoms. The summed E-state index contributed by atoms with van der Waals surface area (Å²) in [5, 5.41) is 0. The lowest BCUT2D eigenvalue weighted by atomic mass is 10.1. The lowest BCUT2D eigenvalue weighted by Crippen LogP contribution is -2.46. The van der Waals surface area contributed by atoms with Gasteiger partial charge in [0.05, 0.1) is 0 Å². The van der Waals surface area contributed by atoms with Crippen LogP contribution in [0.4, 0.5) is 39.5 Å². The average Bonchev–Trinajstić information content (AvgIpc) is 3.00. The number of nitrogens with one attached hydrogen (secondary N) is 1. The number of H-pyrrole nitrogens is 1. The van der Waals surface area contributed by atoms with Crippen LogP contribution in [0.5, 0.6) is 0 Å². The van der Waals surface area contributed by atoms with Crippen molar-refractivity contribution in [3.63, 3.8) is 0 Å². The van der Waals surface area contributed by atoms with Gasteiger partial charge in [0.1, 0.15) is 12.7 Å². The summed E-state index contributed by atoms with van der Waals surface area (Å²) in [5.74, 6) is -9.12. The molecule has 0 aromatic carbocycles. The Balaban J connectivity index is 2.53. The second kappa shape index (κ2) is 9.58. The highest BCUT2D eigenvalue weighted by Crippen LogP contribution is 2.36. The monoisotopic (exact) mass is 532 g/mol. The second-order valence-electron chi connectivity index (χ2n) is 6.41. The molecule has 1 fully saturated rings. The zero-order valence-corrected chi connectivity index (χ0v) is 16.2. The van der Waals surface area contributed by atoms with Gasteiger partial charge in [-0.25, -0.2) is 19.2 Å². The zero-order valence-electron chi connectivity index (χ0n) is 16.2. The van der Waals surface area contributed by atoms with Crippen LogP contribution in [0, 0.1) is 0 Å². The Kier molecular flexibility index (Phi) is 7.57. The minimum atomic E-state index is -5.81. The molecule has 0 unspecified atom stereocenters. The first kappa shape index (κ1) is 27.7. The van der Waals surface area contributed by atoms with Crippen molar-refractivity contribution in [2.75, 3.05) is 6.61 Å². The van der Waals surface area contributed by atoms with Crippen LogP contribution in [0.2, 0.25) is 0 Å². The van der Waals surface area contributed by atoms with E-state index in [1.165, 1.54) is 0 Å². The molecule has 20 heteroatoms. The van der Waals surface area contributed by atoms with Crippen LogP contribution in [0.15, 0.2) is 21.9 Å². The maximum Gasteiger partial charge on any atom is 0.490 e. The predicted octanol–water partition coefficient (Wildman–Crippen LogP) is 0.488. The minimum absolute atomic E-state index is 0.162. The number of carbonyl (C=O) groups excluding carboxylic acids is 3. The van der Waals surface area contributed by atoms with E-state index < -0.39 is 78.8 Å². The van der Waals surface area contributed by atoms with Gasteiger partial charge in [-0.1, -0.05) is 0 Å². The van der Waals surface area contributed by atoms with E-state index in [9.17, 15) is 63.5 Å². The molecule has 1 aromatic rings. The summed E-state index contributed by atoms with van der Waals surface area (Å²) in [6.45, 7) is -1.69. The summed E-state index contributed by atoms with van der Waals surface area (Å²) >= 11 is 0. The molecule has 1 aliphatic heterocycles. The van der Waals surface area contributed by atoms with E-state index in [0.29, 0.717) is 12.3 Å². The van der Waals surface area contributed by atoms with Crippen LogP contribution >= 0.6 is 0 Å². The van der Waals surface area contributed by atoms with Crippen molar-refractivity contribution >= 4 is 17.9 Å². The van der Waals surface area contributed by atoms with Gasteiger partial charge in [0, 0.05) is 12.3 Å². The van der Waals surface area contributed by atoms with Gasteiger partial charge < -0.3 is 18.9 Å². The highest BCUT2D eigenvalue weighted by atomic mass is 19.4. The number of rotatable bonds is 5. The van der Waals surface area contributed by atoms with Crippen LogP contribution < -0.4 is 11.2 Å². The number of hydrogen-bond acceptors (Lipinski definition) is 9. The van der Waals surface area contributed by atoms with Crippen molar-refractivity contribution < 1.29 is 72.8 Å². The van der Waals surface area contributed by atoms with E-state index in [-0.39, 0.29) is 4.57 Å². The lowest BCUT2D eigenvalue weighted by Gasteiger charge is -2.25. The summed E-state index contributed by atoms with van der Waals surface area (Å²) in [7, 11) is 0. The molecule has 35 heavy (non-hydrogen) atoms. The SMILES string of the molecule is O=C(OC[C@H]1O[C@@H](n2ccc(=O)[nH]c2=O)[C@H](OC(=O)C(F)(F)F)[C@@H]1OC(=O)C(F)(F)F)C(F)(F)F. The number of ether oxygens (including phenoxy) is 4. The van der Waals surface area contributed by atoms with Crippen molar-refractivity contribution in [3.05, 3.63) is 33.1 Å². The second-order valence-corrected chi connectivity index (χ2v) is 6.41. The third-order valence-electron chi connectivity index (χ3n) is 3.97. The van der Waals surface area contributed by atoms with Gasteiger partial charge in [0.2, 0.25) is 0 Å². The Morgan fingerprint density at radius 2 is 1.34 bits per heavy atom. The van der Waals surface area contributed by atoms with Crippen molar-refractivity contribution in [1.29, 1.82) is 0 Å². The molecule has 0 aliphatic carbocycles. The molecule has 2 rings (SSSR count). The molecule has 0 spiro atoms. The molecule has 11 nitrogen and oxygen atoms in total. The molecule has 1 saturated heterocycles. The molecule has 4 atom stereocenters. The van der Waals surface area contributed by atoms with Gasteiger partial charge >= 0.3 is 42.1 Å². The van der Waals surface area contributed by atoms with Crippen molar-refractivity contribution in [1.82, 2.24) is 9.55 Å². The molecule has 196 valence electrons. The zero-order chi connectivity index (χ0) is 26.9. The Morgan fingerprint density at radius 1 is 0.857 bits per heavy atom. The molecule has 0 amide bonds. The quantitative estimate of drug-likeness (QED) is 0.326. The first-order valence-electron chi connectivity index (χ1n) is 8.59. The fourth-order valence-electron chi connectivity index (χ4n) is 2.58. The first-order chi connectivity index (χ1) is 15.8. The normalized spacial score (nSPS) is 23.0. The maximum atomic E-state index is 12.7. The number of aromatic nitrogens is 2. The largest absolute Gasteiger partial charge is 0.490 e. The predicted molar refractivity (Wildman–Crippen MR) is 84.1 cm³/mol. The highest BCUT2D eigenvalue weighted by Gasteiger charge is 2.56. The lowest BCUT2D eigenvalue weighted by molar-refractivity contribution is -0.222. The number of hydrogen-bond donors (Lipinski definition) is 1. The molecule has 1 aromatic heterocycles. The van der Waals surface area contributed by atoms with Crippen LogP contribution in [0.3, 0.4) is 0 Å². The molecule has 0 radical (unpaired) electrons.